The number of guanidine groups is 1. The van der Waals surface area contributed by atoms with Crippen LogP contribution in [-0.2, 0) is 15.1 Å². The molecular formula is C24H25N5O3. The zero-order valence-electron chi connectivity index (χ0n) is 17.9. The van der Waals surface area contributed by atoms with Crippen LogP contribution < -0.4 is 10.5 Å². The number of fused-ring (bicyclic) bond motifs is 2. The third kappa shape index (κ3) is 3.42. The van der Waals surface area contributed by atoms with E-state index in [0.29, 0.717) is 24.3 Å². The summed E-state index contributed by atoms with van der Waals surface area (Å²) < 4.78 is 13.4. The number of carbonyl (C=O) groups is 1. The second-order valence-corrected chi connectivity index (χ2v) is 8.00. The summed E-state index contributed by atoms with van der Waals surface area (Å²) >= 11 is 0. The van der Waals surface area contributed by atoms with Gasteiger partial charge in [0.05, 0.1) is 12.3 Å². The minimum absolute atomic E-state index is 0.118. The third-order valence-electron chi connectivity index (χ3n) is 6.01. The molecule has 164 valence electrons. The Hall–Kier alpha value is -3.65. The van der Waals surface area contributed by atoms with E-state index in [1.807, 2.05) is 65.5 Å². The predicted molar refractivity (Wildman–Crippen MR) is 120 cm³/mol. The molecule has 0 bridgehead atoms. The van der Waals surface area contributed by atoms with Crippen molar-refractivity contribution >= 4 is 11.9 Å². The third-order valence-corrected chi connectivity index (χ3v) is 6.01. The summed E-state index contributed by atoms with van der Waals surface area (Å²) in [7, 11) is 1.66. The largest absolute Gasteiger partial charge is 0.467 e. The number of carbonyl (C=O) groups excluding carboxylic acids is 1. The molecule has 3 aromatic rings. The Kier molecular flexibility index (Phi) is 5.14. The quantitative estimate of drug-likeness (QED) is 0.673. The highest BCUT2D eigenvalue weighted by atomic mass is 16.7. The number of amides is 1. The Morgan fingerprint density at radius 2 is 1.94 bits per heavy atom. The van der Waals surface area contributed by atoms with Gasteiger partial charge in [0.1, 0.15) is 11.6 Å². The van der Waals surface area contributed by atoms with Crippen LogP contribution in [-0.4, -0.2) is 46.8 Å². The average Bonchev–Trinajstić information content (AvgIpc) is 3.43. The molecule has 0 radical (unpaired) electrons. The molecule has 32 heavy (non-hydrogen) atoms. The number of aliphatic imine (C=N–C) groups is 1. The van der Waals surface area contributed by atoms with Crippen LogP contribution in [0.3, 0.4) is 0 Å². The van der Waals surface area contributed by atoms with Crippen molar-refractivity contribution in [1.82, 2.24) is 14.5 Å². The van der Waals surface area contributed by atoms with E-state index in [1.165, 1.54) is 4.90 Å². The molecule has 2 N–H and O–H groups in total. The zero-order chi connectivity index (χ0) is 22.1. The first kappa shape index (κ1) is 20.3. The molecule has 5 rings (SSSR count). The summed E-state index contributed by atoms with van der Waals surface area (Å²) in [6.07, 6.45) is 6.02. The van der Waals surface area contributed by atoms with E-state index in [9.17, 15) is 4.79 Å². The summed E-state index contributed by atoms with van der Waals surface area (Å²) in [6, 6.07) is 15.5. The van der Waals surface area contributed by atoms with Gasteiger partial charge >= 0.3 is 0 Å². The Bertz CT molecular complexity index is 1170. The van der Waals surface area contributed by atoms with Crippen LogP contribution in [0.1, 0.15) is 24.8 Å². The first-order chi connectivity index (χ1) is 15.6. The molecule has 0 aliphatic carbocycles. The molecule has 8 heteroatoms. The van der Waals surface area contributed by atoms with E-state index >= 15 is 0 Å². The van der Waals surface area contributed by atoms with Crippen molar-refractivity contribution < 1.29 is 14.3 Å². The maximum atomic E-state index is 13.4. The standard InChI is InChI=1S/C24H25N5O3/c1-28-22(30)24(27-23(28)25)11-2-5-14-31-16-32-20-10-9-17(15-18(20)24)19-7-6-8-21(26-19)29-12-3-4-13-29/h3-4,6-10,12-13,15H,2,5,11,14,16H2,1H3,(H2,25,27)/t24-/m0/s1. The Morgan fingerprint density at radius 3 is 2.72 bits per heavy atom. The molecule has 0 unspecified atom stereocenters. The van der Waals surface area contributed by atoms with E-state index in [2.05, 4.69) is 4.99 Å². The Labute approximate surface area is 186 Å². The summed E-state index contributed by atoms with van der Waals surface area (Å²) in [5.41, 5.74) is 7.32. The SMILES string of the molecule is CN1C(=O)[C@@]2(CCCCOCOc3ccc(-c4cccc(-n5cccc5)n4)cc32)N=C1N. The minimum atomic E-state index is -1.11. The molecule has 1 spiro atoms. The maximum Gasteiger partial charge on any atom is 0.261 e. The number of nitrogens with two attached hydrogens (primary N) is 1. The van der Waals surface area contributed by atoms with Crippen LogP contribution in [0.15, 0.2) is 65.9 Å². The number of hydrogen-bond acceptors (Lipinski definition) is 6. The van der Waals surface area contributed by atoms with Crippen molar-refractivity contribution in [2.45, 2.75) is 24.8 Å². The van der Waals surface area contributed by atoms with Crippen molar-refractivity contribution in [3.8, 4) is 22.8 Å². The number of rotatable bonds is 2. The average molecular weight is 431 g/mol. The van der Waals surface area contributed by atoms with Crippen molar-refractivity contribution in [3.63, 3.8) is 0 Å². The molecule has 2 aromatic heterocycles. The lowest BCUT2D eigenvalue weighted by atomic mass is 9.83. The lowest BCUT2D eigenvalue weighted by molar-refractivity contribution is -0.131. The number of ether oxygens (including phenoxy) is 2. The van der Waals surface area contributed by atoms with Gasteiger partial charge in [-0.2, -0.15) is 0 Å². The fourth-order valence-corrected chi connectivity index (χ4v) is 4.28. The zero-order valence-corrected chi connectivity index (χ0v) is 17.9. The van der Waals surface area contributed by atoms with Gasteiger partial charge in [0.15, 0.2) is 18.3 Å². The van der Waals surface area contributed by atoms with E-state index in [1.54, 1.807) is 7.05 Å². The number of aromatic nitrogens is 2. The van der Waals surface area contributed by atoms with Gasteiger partial charge in [-0.25, -0.2) is 9.98 Å². The van der Waals surface area contributed by atoms with E-state index in [4.69, 9.17) is 20.2 Å². The van der Waals surface area contributed by atoms with Crippen LogP contribution in [0, 0.1) is 0 Å². The monoisotopic (exact) mass is 431 g/mol. The molecule has 8 nitrogen and oxygen atoms in total. The predicted octanol–water partition coefficient (Wildman–Crippen LogP) is 3.06. The smallest absolute Gasteiger partial charge is 0.261 e. The first-order valence-electron chi connectivity index (χ1n) is 10.7. The van der Waals surface area contributed by atoms with E-state index in [0.717, 1.165) is 29.9 Å². The van der Waals surface area contributed by atoms with Gasteiger partial charge in [-0.3, -0.25) is 9.69 Å². The molecule has 1 aromatic carbocycles. The number of hydrogen-bond donors (Lipinski definition) is 1. The van der Waals surface area contributed by atoms with Crippen molar-refractivity contribution in [2.75, 3.05) is 20.4 Å². The van der Waals surface area contributed by atoms with Crippen LogP contribution in [0.25, 0.3) is 17.1 Å². The number of nitrogens with zero attached hydrogens (tertiary/aromatic N) is 4. The van der Waals surface area contributed by atoms with E-state index in [-0.39, 0.29) is 18.7 Å². The summed E-state index contributed by atoms with van der Waals surface area (Å²) in [6.45, 7) is 0.690. The fourth-order valence-electron chi connectivity index (χ4n) is 4.28. The van der Waals surface area contributed by atoms with Crippen molar-refractivity contribution in [2.24, 2.45) is 10.7 Å². The lowest BCUT2D eigenvalue weighted by Gasteiger charge is -2.29. The van der Waals surface area contributed by atoms with Crippen molar-refractivity contribution in [3.05, 3.63) is 66.5 Å². The molecule has 0 fully saturated rings. The summed E-state index contributed by atoms with van der Waals surface area (Å²) in [5, 5.41) is 0. The summed E-state index contributed by atoms with van der Waals surface area (Å²) in [5.74, 6) is 1.45. The minimum Gasteiger partial charge on any atom is -0.467 e. The molecule has 2 aliphatic rings. The Balaban J connectivity index is 1.64. The van der Waals surface area contributed by atoms with Gasteiger partial charge in [0, 0.05) is 30.6 Å². The van der Waals surface area contributed by atoms with Gasteiger partial charge in [0.2, 0.25) is 0 Å². The molecule has 1 amide bonds. The van der Waals surface area contributed by atoms with Gasteiger partial charge in [0.25, 0.3) is 5.91 Å². The molecule has 2 aliphatic heterocycles. The lowest BCUT2D eigenvalue weighted by Crippen LogP contribution is -2.41. The van der Waals surface area contributed by atoms with Gasteiger partial charge < -0.3 is 19.8 Å². The van der Waals surface area contributed by atoms with E-state index < -0.39 is 5.54 Å². The number of benzene rings is 1. The summed E-state index contributed by atoms with van der Waals surface area (Å²) in [4.78, 5) is 24.3. The van der Waals surface area contributed by atoms with Gasteiger partial charge in [-0.15, -0.1) is 0 Å². The molecular weight excluding hydrogens is 406 g/mol. The number of pyridine rings is 1. The highest BCUT2D eigenvalue weighted by molar-refractivity contribution is 6.07. The number of likely N-dealkylation sites (N-methyl/N-ethyl adjacent to an activating group) is 1. The van der Waals surface area contributed by atoms with Crippen LogP contribution in [0.5, 0.6) is 5.75 Å². The van der Waals surface area contributed by atoms with Crippen LogP contribution in [0.4, 0.5) is 0 Å². The van der Waals surface area contributed by atoms with Gasteiger partial charge in [-0.05, 0) is 61.7 Å². The Morgan fingerprint density at radius 1 is 1.09 bits per heavy atom. The highest BCUT2D eigenvalue weighted by Crippen LogP contribution is 2.43. The molecule has 1 atom stereocenters. The van der Waals surface area contributed by atoms with Crippen LogP contribution in [0.2, 0.25) is 0 Å². The second-order valence-electron chi connectivity index (χ2n) is 8.00. The highest BCUT2D eigenvalue weighted by Gasteiger charge is 2.49. The van der Waals surface area contributed by atoms with Gasteiger partial charge in [-0.1, -0.05) is 6.07 Å². The molecule has 0 saturated heterocycles. The fraction of sp³-hybridized carbons (Fsp3) is 0.292. The molecule has 4 heterocycles. The second kappa shape index (κ2) is 8.12. The molecule has 0 saturated carbocycles. The topological polar surface area (TPSA) is 95.0 Å². The normalized spacial score (nSPS) is 21.2. The van der Waals surface area contributed by atoms with Crippen molar-refractivity contribution in [1.29, 1.82) is 0 Å². The maximum absolute atomic E-state index is 13.4. The van der Waals surface area contributed by atoms with Crippen LogP contribution >= 0.6 is 0 Å². The first-order valence-corrected chi connectivity index (χ1v) is 10.7.